The first-order valence-electron chi connectivity index (χ1n) is 14.0. The number of rotatable bonds is 17. The van der Waals surface area contributed by atoms with Crippen molar-refractivity contribution in [3.8, 4) is 0 Å². The van der Waals surface area contributed by atoms with E-state index < -0.39 is 5.92 Å². The van der Waals surface area contributed by atoms with Gasteiger partial charge in [-0.05, 0) is 103 Å². The molecule has 2 fully saturated rings. The zero-order valence-electron chi connectivity index (χ0n) is 24.1. The summed E-state index contributed by atoms with van der Waals surface area (Å²) in [6, 6.07) is 0. The van der Waals surface area contributed by atoms with Gasteiger partial charge in [0.05, 0.1) is 5.92 Å². The molecule has 6 atom stereocenters. The number of hydrogen-bond acceptors (Lipinski definition) is 6. The van der Waals surface area contributed by atoms with Crippen LogP contribution in [0.3, 0.4) is 0 Å². The Morgan fingerprint density at radius 2 is 1.72 bits per heavy atom. The zero-order valence-corrected chi connectivity index (χ0v) is 24.1. The van der Waals surface area contributed by atoms with E-state index in [1.807, 2.05) is 19.0 Å². The van der Waals surface area contributed by atoms with Crippen molar-refractivity contribution in [3.05, 3.63) is 12.3 Å². The number of nitrogens with two attached hydrogens (primary N) is 1. The molecule has 2 aliphatic carbocycles. The van der Waals surface area contributed by atoms with Gasteiger partial charge in [0, 0.05) is 30.1 Å². The Kier molecular flexibility index (Phi) is 11.7. The first-order valence-corrected chi connectivity index (χ1v) is 14.0. The zero-order chi connectivity index (χ0) is 27.0. The van der Waals surface area contributed by atoms with E-state index in [9.17, 15) is 9.59 Å². The van der Waals surface area contributed by atoms with Crippen LogP contribution in [0.2, 0.25) is 0 Å². The maximum atomic E-state index is 13.3. The lowest BCUT2D eigenvalue weighted by Crippen LogP contribution is -2.36. The van der Waals surface area contributed by atoms with Gasteiger partial charge in [0.1, 0.15) is 6.61 Å². The first kappa shape index (κ1) is 30.6. The molecule has 1 amide bonds. The number of amides is 1. The average Bonchev–Trinajstić information content (AvgIpc) is 3.37. The maximum Gasteiger partial charge on any atom is 0.309 e. The highest BCUT2D eigenvalue weighted by Crippen LogP contribution is 2.54. The predicted molar refractivity (Wildman–Crippen MR) is 147 cm³/mol. The largest absolute Gasteiger partial charge is 0.464 e. The number of ether oxygens (including phenoxy) is 1. The molecule has 2 aliphatic rings. The SMILES string of the molecule is C=C(NCCCN(C)C)C(C)(C)CC(CC(CC1C2CCC(C2)C1C)C(N)=O)C(=O)OCCN(C)C. The molecule has 36 heavy (non-hydrogen) atoms. The molecule has 0 aromatic carbocycles. The third-order valence-corrected chi connectivity index (χ3v) is 8.88. The number of hydrogen-bond donors (Lipinski definition) is 2. The minimum absolute atomic E-state index is 0.224. The van der Waals surface area contributed by atoms with E-state index in [2.05, 4.69) is 51.7 Å². The highest BCUT2D eigenvalue weighted by atomic mass is 16.5. The summed E-state index contributed by atoms with van der Waals surface area (Å²) >= 11 is 0. The molecule has 2 rings (SSSR count). The molecule has 0 aliphatic heterocycles. The van der Waals surface area contributed by atoms with Crippen LogP contribution in [0.1, 0.15) is 65.7 Å². The quantitative estimate of drug-likeness (QED) is 0.231. The molecule has 0 heterocycles. The fraction of sp³-hybridized carbons (Fsp3) is 0.862. The molecule has 0 spiro atoms. The number of nitrogens with zero attached hydrogens (tertiary/aromatic N) is 2. The van der Waals surface area contributed by atoms with Crippen LogP contribution in [-0.2, 0) is 14.3 Å². The lowest BCUT2D eigenvalue weighted by molar-refractivity contribution is -0.150. The lowest BCUT2D eigenvalue weighted by atomic mass is 9.72. The Bertz CT molecular complexity index is 734. The highest BCUT2D eigenvalue weighted by Gasteiger charge is 2.46. The van der Waals surface area contributed by atoms with Crippen LogP contribution < -0.4 is 11.1 Å². The third kappa shape index (κ3) is 9.05. The number of likely N-dealkylation sites (N-methyl/N-ethyl adjacent to an activating group) is 1. The molecular formula is C29H54N4O3. The Morgan fingerprint density at radius 3 is 2.28 bits per heavy atom. The van der Waals surface area contributed by atoms with Crippen molar-refractivity contribution >= 4 is 11.9 Å². The van der Waals surface area contributed by atoms with Gasteiger partial charge < -0.3 is 25.6 Å². The molecule has 0 radical (unpaired) electrons. The average molecular weight is 507 g/mol. The topological polar surface area (TPSA) is 87.9 Å². The Balaban J connectivity index is 2.08. The summed E-state index contributed by atoms with van der Waals surface area (Å²) in [5.41, 5.74) is 6.54. The Morgan fingerprint density at radius 1 is 1.08 bits per heavy atom. The van der Waals surface area contributed by atoms with Crippen molar-refractivity contribution in [2.75, 3.05) is 54.4 Å². The van der Waals surface area contributed by atoms with Crippen LogP contribution in [0.4, 0.5) is 0 Å². The van der Waals surface area contributed by atoms with E-state index in [0.29, 0.717) is 43.7 Å². The van der Waals surface area contributed by atoms with Gasteiger partial charge in [-0.2, -0.15) is 0 Å². The second-order valence-electron chi connectivity index (χ2n) is 12.7. The standard InChI is InChI=1S/C29H54N4O3/c1-20-22-10-11-23(16-22)26(20)18-24(27(30)34)17-25(28(35)36-15-14-33(7)8)19-29(3,4)21(2)31-12-9-13-32(5)6/h20,22-26,31H,2,9-19H2,1,3-8H3,(H2,30,34). The first-order chi connectivity index (χ1) is 16.8. The number of nitrogens with one attached hydrogen (secondary N) is 1. The van der Waals surface area contributed by atoms with E-state index in [1.54, 1.807) is 0 Å². The van der Waals surface area contributed by atoms with Gasteiger partial charge in [0.15, 0.2) is 0 Å². The van der Waals surface area contributed by atoms with Gasteiger partial charge in [-0.25, -0.2) is 0 Å². The summed E-state index contributed by atoms with van der Waals surface area (Å²) in [5, 5.41) is 3.47. The van der Waals surface area contributed by atoms with Crippen molar-refractivity contribution in [1.29, 1.82) is 0 Å². The van der Waals surface area contributed by atoms with Crippen LogP contribution in [0.5, 0.6) is 0 Å². The van der Waals surface area contributed by atoms with Crippen molar-refractivity contribution in [2.24, 2.45) is 46.7 Å². The number of allylic oxidation sites excluding steroid dienone is 1. The van der Waals surface area contributed by atoms with E-state index >= 15 is 0 Å². The normalized spacial score (nSPS) is 25.2. The molecular weight excluding hydrogens is 452 g/mol. The van der Waals surface area contributed by atoms with Crippen molar-refractivity contribution < 1.29 is 14.3 Å². The van der Waals surface area contributed by atoms with Crippen LogP contribution in [0.15, 0.2) is 12.3 Å². The number of esters is 1. The number of primary amides is 1. The van der Waals surface area contributed by atoms with Crippen LogP contribution in [0, 0.1) is 40.9 Å². The van der Waals surface area contributed by atoms with E-state index in [-0.39, 0.29) is 23.2 Å². The van der Waals surface area contributed by atoms with Crippen molar-refractivity contribution in [1.82, 2.24) is 15.1 Å². The number of carbonyl (C=O) groups is 2. The smallest absolute Gasteiger partial charge is 0.309 e. The summed E-state index contributed by atoms with van der Waals surface area (Å²) in [4.78, 5) is 30.1. The second-order valence-corrected chi connectivity index (χ2v) is 12.7. The molecule has 7 heteroatoms. The molecule has 7 nitrogen and oxygen atoms in total. The summed E-state index contributed by atoms with van der Waals surface area (Å²) in [6.07, 6.45) is 6.72. The highest BCUT2D eigenvalue weighted by molar-refractivity contribution is 5.78. The summed E-state index contributed by atoms with van der Waals surface area (Å²) in [5.74, 6) is 1.47. The fourth-order valence-corrected chi connectivity index (χ4v) is 6.43. The lowest BCUT2D eigenvalue weighted by Gasteiger charge is -2.34. The van der Waals surface area contributed by atoms with Gasteiger partial charge in [-0.15, -0.1) is 0 Å². The molecule has 0 aromatic heterocycles. The number of carbonyl (C=O) groups excluding carboxylic acids is 2. The predicted octanol–water partition coefficient (Wildman–Crippen LogP) is 3.74. The molecule has 6 unspecified atom stereocenters. The molecule has 0 saturated heterocycles. The van der Waals surface area contributed by atoms with E-state index in [4.69, 9.17) is 10.5 Å². The van der Waals surface area contributed by atoms with Crippen molar-refractivity contribution in [3.63, 3.8) is 0 Å². The molecule has 2 bridgehead atoms. The maximum absolute atomic E-state index is 13.3. The van der Waals surface area contributed by atoms with Gasteiger partial charge in [0.2, 0.25) is 5.91 Å². The third-order valence-electron chi connectivity index (χ3n) is 8.88. The molecule has 0 aromatic rings. The van der Waals surface area contributed by atoms with Gasteiger partial charge in [-0.3, -0.25) is 9.59 Å². The molecule has 2 saturated carbocycles. The van der Waals surface area contributed by atoms with E-state index in [0.717, 1.165) is 37.5 Å². The van der Waals surface area contributed by atoms with Crippen molar-refractivity contribution in [2.45, 2.75) is 65.7 Å². The Labute approximate surface area is 220 Å². The van der Waals surface area contributed by atoms with Crippen LogP contribution in [0.25, 0.3) is 0 Å². The van der Waals surface area contributed by atoms with Crippen LogP contribution >= 0.6 is 0 Å². The second kappa shape index (κ2) is 13.8. The van der Waals surface area contributed by atoms with Crippen LogP contribution in [-0.4, -0.2) is 76.1 Å². The van der Waals surface area contributed by atoms with Gasteiger partial charge >= 0.3 is 5.97 Å². The summed E-state index contributed by atoms with van der Waals surface area (Å²) in [6.45, 7) is 13.7. The monoisotopic (exact) mass is 506 g/mol. The van der Waals surface area contributed by atoms with Gasteiger partial charge in [0.25, 0.3) is 0 Å². The van der Waals surface area contributed by atoms with Gasteiger partial charge in [-0.1, -0.05) is 27.4 Å². The number of fused-ring (bicyclic) bond motifs is 2. The fourth-order valence-electron chi connectivity index (χ4n) is 6.43. The summed E-state index contributed by atoms with van der Waals surface area (Å²) < 4.78 is 5.70. The molecule has 208 valence electrons. The summed E-state index contributed by atoms with van der Waals surface area (Å²) in [7, 11) is 8.05. The molecule has 3 N–H and O–H groups in total. The minimum Gasteiger partial charge on any atom is -0.464 e. The minimum atomic E-state index is -0.395. The van der Waals surface area contributed by atoms with E-state index in [1.165, 1.54) is 19.3 Å². The Hall–Kier alpha value is -1.60.